The number of para-hydroxylation sites is 1. The van der Waals surface area contributed by atoms with Crippen molar-refractivity contribution in [2.75, 3.05) is 13.1 Å². The van der Waals surface area contributed by atoms with Gasteiger partial charge in [-0.2, -0.15) is 0 Å². The van der Waals surface area contributed by atoms with E-state index in [0.29, 0.717) is 5.92 Å². The Kier molecular flexibility index (Phi) is 5.45. The molecule has 0 N–H and O–H groups in total. The fourth-order valence-corrected chi connectivity index (χ4v) is 4.28. The van der Waals surface area contributed by atoms with Gasteiger partial charge < -0.3 is 4.57 Å². The fraction of sp³-hybridized carbons (Fsp3) is 0.320. The van der Waals surface area contributed by atoms with Crippen LogP contribution in [0, 0.1) is 5.92 Å². The first-order chi connectivity index (χ1) is 13.6. The highest BCUT2D eigenvalue weighted by Crippen LogP contribution is 2.25. The SMILES string of the molecule is C/C(=C\C1CCN(Cc2ccccc2)CC1)C(=O)c1cn(C)c2ccccc12. The van der Waals surface area contributed by atoms with Crippen LogP contribution in [-0.4, -0.2) is 28.3 Å². The lowest BCUT2D eigenvalue weighted by Crippen LogP contribution is -2.32. The summed E-state index contributed by atoms with van der Waals surface area (Å²) in [7, 11) is 2.00. The van der Waals surface area contributed by atoms with Crippen molar-refractivity contribution in [3.63, 3.8) is 0 Å². The second-order valence-corrected chi connectivity index (χ2v) is 7.95. The molecule has 1 aliphatic rings. The van der Waals surface area contributed by atoms with Crippen molar-refractivity contribution in [1.82, 2.24) is 9.47 Å². The Balaban J connectivity index is 1.41. The molecular formula is C25H28N2O. The Bertz CT molecular complexity index is 992. The molecule has 2 heterocycles. The Morgan fingerprint density at radius 2 is 1.71 bits per heavy atom. The van der Waals surface area contributed by atoms with Crippen LogP contribution < -0.4 is 0 Å². The average molecular weight is 373 g/mol. The molecule has 3 aromatic rings. The summed E-state index contributed by atoms with van der Waals surface area (Å²) < 4.78 is 2.04. The maximum absolute atomic E-state index is 13.1. The van der Waals surface area contributed by atoms with E-state index >= 15 is 0 Å². The number of fused-ring (bicyclic) bond motifs is 1. The molecule has 0 radical (unpaired) electrons. The second kappa shape index (κ2) is 8.15. The molecule has 0 aliphatic carbocycles. The van der Waals surface area contributed by atoms with E-state index < -0.39 is 0 Å². The summed E-state index contributed by atoms with van der Waals surface area (Å²) in [5.74, 6) is 0.648. The number of rotatable bonds is 5. The van der Waals surface area contributed by atoms with E-state index in [9.17, 15) is 4.79 Å². The molecular weight excluding hydrogens is 344 g/mol. The Morgan fingerprint density at radius 1 is 1.04 bits per heavy atom. The number of benzene rings is 2. The summed E-state index contributed by atoms with van der Waals surface area (Å²) in [6.07, 6.45) is 6.41. The Labute approximate surface area is 167 Å². The number of likely N-dealkylation sites (tertiary alicyclic amines) is 1. The standard InChI is InChI=1S/C25H28N2O/c1-19(25(28)23-18-26(2)24-11-7-6-10-22(23)24)16-20-12-14-27(15-13-20)17-21-8-4-3-5-9-21/h3-11,16,18,20H,12-15,17H2,1-2H3/b19-16+. The van der Waals surface area contributed by atoms with Gasteiger partial charge in [0.1, 0.15) is 0 Å². The van der Waals surface area contributed by atoms with E-state index in [1.165, 1.54) is 5.56 Å². The lowest BCUT2D eigenvalue weighted by atomic mass is 9.92. The van der Waals surface area contributed by atoms with E-state index in [2.05, 4.69) is 47.4 Å². The summed E-state index contributed by atoms with van der Waals surface area (Å²) in [4.78, 5) is 15.6. The molecule has 0 amide bonds. The third kappa shape index (κ3) is 3.95. The lowest BCUT2D eigenvalue weighted by molar-refractivity contribution is 0.103. The van der Waals surface area contributed by atoms with Crippen LogP contribution in [0.1, 0.15) is 35.7 Å². The quantitative estimate of drug-likeness (QED) is 0.453. The number of carbonyl (C=O) groups is 1. The number of hydrogen-bond donors (Lipinski definition) is 0. The van der Waals surface area contributed by atoms with Gasteiger partial charge in [-0.25, -0.2) is 0 Å². The summed E-state index contributed by atoms with van der Waals surface area (Å²) in [5, 5.41) is 1.04. The number of hydrogen-bond acceptors (Lipinski definition) is 2. The van der Waals surface area contributed by atoms with Crippen LogP contribution in [-0.2, 0) is 13.6 Å². The van der Waals surface area contributed by atoms with E-state index in [1.54, 1.807) is 0 Å². The number of aromatic nitrogens is 1. The third-order valence-corrected chi connectivity index (χ3v) is 5.87. The molecule has 0 unspecified atom stereocenters. The highest BCUT2D eigenvalue weighted by molar-refractivity contribution is 6.16. The zero-order valence-corrected chi connectivity index (χ0v) is 16.8. The van der Waals surface area contributed by atoms with Crippen molar-refractivity contribution in [1.29, 1.82) is 0 Å². The van der Waals surface area contributed by atoms with Gasteiger partial charge in [-0.15, -0.1) is 0 Å². The molecule has 1 aromatic heterocycles. The Hall–Kier alpha value is -2.65. The van der Waals surface area contributed by atoms with Gasteiger partial charge in [0, 0.05) is 36.3 Å². The number of carbonyl (C=O) groups excluding carboxylic acids is 1. The predicted molar refractivity (Wildman–Crippen MR) is 115 cm³/mol. The van der Waals surface area contributed by atoms with Crippen LogP contribution in [0.2, 0.25) is 0 Å². The number of piperidine rings is 1. The van der Waals surface area contributed by atoms with Crippen molar-refractivity contribution >= 4 is 16.7 Å². The van der Waals surface area contributed by atoms with Crippen molar-refractivity contribution in [2.45, 2.75) is 26.3 Å². The minimum Gasteiger partial charge on any atom is -0.350 e. The zero-order chi connectivity index (χ0) is 19.5. The minimum atomic E-state index is 0.156. The maximum Gasteiger partial charge on any atom is 0.190 e. The number of allylic oxidation sites excluding steroid dienone is 2. The van der Waals surface area contributed by atoms with Crippen LogP contribution in [0.3, 0.4) is 0 Å². The van der Waals surface area contributed by atoms with Gasteiger partial charge in [0.2, 0.25) is 0 Å². The molecule has 144 valence electrons. The van der Waals surface area contributed by atoms with Crippen LogP contribution in [0.15, 0.2) is 72.4 Å². The van der Waals surface area contributed by atoms with Gasteiger partial charge in [-0.1, -0.05) is 54.6 Å². The van der Waals surface area contributed by atoms with Gasteiger partial charge in [0.05, 0.1) is 0 Å². The molecule has 28 heavy (non-hydrogen) atoms. The smallest absolute Gasteiger partial charge is 0.190 e. The van der Waals surface area contributed by atoms with Crippen LogP contribution in [0.25, 0.3) is 10.9 Å². The van der Waals surface area contributed by atoms with Crippen molar-refractivity contribution in [2.24, 2.45) is 13.0 Å². The molecule has 4 rings (SSSR count). The summed E-state index contributed by atoms with van der Waals surface area (Å²) in [6.45, 7) is 5.17. The molecule has 0 spiro atoms. The summed E-state index contributed by atoms with van der Waals surface area (Å²) in [5.41, 5.74) is 4.16. The highest BCUT2D eigenvalue weighted by atomic mass is 16.1. The van der Waals surface area contributed by atoms with E-state index in [1.807, 2.05) is 42.9 Å². The lowest BCUT2D eigenvalue weighted by Gasteiger charge is -2.31. The number of ketones is 1. The molecule has 1 aliphatic heterocycles. The molecule has 3 nitrogen and oxygen atoms in total. The monoisotopic (exact) mass is 372 g/mol. The van der Waals surface area contributed by atoms with Crippen LogP contribution in [0.5, 0.6) is 0 Å². The molecule has 0 bridgehead atoms. The maximum atomic E-state index is 13.1. The predicted octanol–water partition coefficient (Wildman–Crippen LogP) is 5.22. The Morgan fingerprint density at radius 3 is 2.46 bits per heavy atom. The molecule has 1 fully saturated rings. The van der Waals surface area contributed by atoms with Gasteiger partial charge in [-0.05, 0) is 56.0 Å². The van der Waals surface area contributed by atoms with Gasteiger partial charge in [0.25, 0.3) is 0 Å². The molecule has 0 atom stereocenters. The highest BCUT2D eigenvalue weighted by Gasteiger charge is 2.20. The largest absolute Gasteiger partial charge is 0.350 e. The van der Waals surface area contributed by atoms with Gasteiger partial charge in [-0.3, -0.25) is 9.69 Å². The first-order valence-corrected chi connectivity index (χ1v) is 10.2. The normalized spacial score (nSPS) is 16.6. The molecule has 1 saturated heterocycles. The fourth-order valence-electron chi connectivity index (χ4n) is 4.28. The number of nitrogens with zero attached hydrogens (tertiary/aromatic N) is 2. The van der Waals surface area contributed by atoms with Crippen molar-refractivity contribution in [3.05, 3.63) is 83.6 Å². The third-order valence-electron chi connectivity index (χ3n) is 5.87. The first kappa shape index (κ1) is 18.7. The number of aryl methyl sites for hydroxylation is 1. The van der Waals surface area contributed by atoms with E-state index in [0.717, 1.165) is 54.5 Å². The first-order valence-electron chi connectivity index (χ1n) is 10.2. The van der Waals surface area contributed by atoms with Crippen molar-refractivity contribution in [3.8, 4) is 0 Å². The minimum absolute atomic E-state index is 0.156. The van der Waals surface area contributed by atoms with E-state index in [4.69, 9.17) is 0 Å². The van der Waals surface area contributed by atoms with Crippen LogP contribution in [0.4, 0.5) is 0 Å². The topological polar surface area (TPSA) is 25.2 Å². The van der Waals surface area contributed by atoms with Crippen molar-refractivity contribution < 1.29 is 4.79 Å². The molecule has 0 saturated carbocycles. The average Bonchev–Trinajstić information content (AvgIpc) is 3.06. The number of Topliss-reactive ketones (excluding diaryl/α,β-unsaturated/α-hetero) is 1. The van der Waals surface area contributed by atoms with Gasteiger partial charge >= 0.3 is 0 Å². The second-order valence-electron chi connectivity index (χ2n) is 7.95. The summed E-state index contributed by atoms with van der Waals surface area (Å²) in [6, 6.07) is 18.8. The molecule has 3 heteroatoms. The summed E-state index contributed by atoms with van der Waals surface area (Å²) >= 11 is 0. The van der Waals surface area contributed by atoms with E-state index in [-0.39, 0.29) is 5.78 Å². The van der Waals surface area contributed by atoms with Gasteiger partial charge in [0.15, 0.2) is 5.78 Å². The molecule has 2 aromatic carbocycles. The van der Waals surface area contributed by atoms with Crippen LogP contribution >= 0.6 is 0 Å². The zero-order valence-electron chi connectivity index (χ0n) is 16.8.